The summed E-state index contributed by atoms with van der Waals surface area (Å²) in [5.41, 5.74) is -5.16. The molecule has 12 nitrogen and oxygen atoms in total. The number of carboxylic acids is 1. The van der Waals surface area contributed by atoms with Gasteiger partial charge >= 0.3 is 23.9 Å². The number of aliphatic hydroxyl groups is 3. The molecule has 4 saturated carbocycles. The molecule has 5 aliphatic carbocycles. The minimum absolute atomic E-state index is 0.223. The number of hydrogen-bond acceptors (Lipinski definition) is 11. The van der Waals surface area contributed by atoms with Crippen LogP contribution in [0.3, 0.4) is 0 Å². The Morgan fingerprint density at radius 2 is 1.65 bits per heavy atom. The van der Waals surface area contributed by atoms with Gasteiger partial charge in [0.2, 0.25) is 0 Å². The summed E-state index contributed by atoms with van der Waals surface area (Å²) in [6.45, 7) is 13.4. The number of ketones is 1. The molecule has 1 saturated heterocycles. The number of ether oxygens (including phenoxy) is 3. The number of rotatable bonds is 4. The molecule has 0 spiro atoms. The predicted molar refractivity (Wildman–Crippen MR) is 168 cm³/mol. The Kier molecular flexibility index (Phi) is 9.26. The van der Waals surface area contributed by atoms with Gasteiger partial charge in [-0.15, -0.1) is 0 Å². The van der Waals surface area contributed by atoms with Crippen LogP contribution in [0.15, 0.2) is 11.8 Å². The number of esters is 3. The smallest absolute Gasteiger partial charge is 0.343 e. The first-order valence-electron chi connectivity index (χ1n) is 17.3. The maximum atomic E-state index is 13.9. The Hall–Kier alpha value is -2.83. The molecular formula is C36H52O12. The Bertz CT molecular complexity index is 1400. The van der Waals surface area contributed by atoms with E-state index in [-0.39, 0.29) is 35.7 Å². The van der Waals surface area contributed by atoms with Gasteiger partial charge in [-0.2, -0.15) is 0 Å². The van der Waals surface area contributed by atoms with E-state index >= 15 is 0 Å². The zero-order valence-electron chi connectivity index (χ0n) is 29.2. The standard InChI is InChI=1S/C31H42O10.C5H10O2/c1-13-11-19-29(5,30(6,38)27(37)40-19)23-21(13)31(41-15(3)33)10-9-17-20(22(31)26(23)39-14(2)32)25(36)24(35)18-8-7-16(34)12-28(17,18)4;1-4(2)3-5(6)7/h11,13,16-18,20-23,25-26,34,36,38H,7-10,12H2,1-6H3;4H,3H2,1-2H3,(H,6,7)/t13-,16+,17?,18?,20?,21?,22?,23?,25?,26-,28?,29?,30-,31?;/m1./s1. The van der Waals surface area contributed by atoms with E-state index in [0.29, 0.717) is 32.1 Å². The number of carbonyl (C=O) groups excluding carboxylic acids is 4. The van der Waals surface area contributed by atoms with Crippen molar-refractivity contribution in [2.75, 3.05) is 0 Å². The third-order valence-electron chi connectivity index (χ3n) is 13.0. The molecule has 1 aliphatic heterocycles. The first-order chi connectivity index (χ1) is 22.1. The van der Waals surface area contributed by atoms with Crippen molar-refractivity contribution in [3.8, 4) is 0 Å². The van der Waals surface area contributed by atoms with Gasteiger partial charge in [-0.25, -0.2) is 4.79 Å². The lowest BCUT2D eigenvalue weighted by molar-refractivity contribution is -0.221. The fourth-order valence-electron chi connectivity index (χ4n) is 11.2. The van der Waals surface area contributed by atoms with Gasteiger partial charge in [0, 0.05) is 49.9 Å². The van der Waals surface area contributed by atoms with Crippen LogP contribution in [0.1, 0.15) is 93.9 Å². The molecule has 0 radical (unpaired) electrons. The molecule has 268 valence electrons. The number of hydrogen-bond donors (Lipinski definition) is 4. The van der Waals surface area contributed by atoms with E-state index in [9.17, 15) is 39.3 Å². The van der Waals surface area contributed by atoms with E-state index in [0.717, 1.165) is 0 Å². The van der Waals surface area contributed by atoms with Gasteiger partial charge in [0.25, 0.3) is 0 Å². The highest BCUT2D eigenvalue weighted by atomic mass is 16.6. The summed E-state index contributed by atoms with van der Waals surface area (Å²) in [7, 11) is 0. The molecule has 0 amide bonds. The lowest BCUT2D eigenvalue weighted by Gasteiger charge is -2.61. The van der Waals surface area contributed by atoms with E-state index in [1.54, 1.807) is 13.0 Å². The van der Waals surface area contributed by atoms with Gasteiger partial charge in [0.15, 0.2) is 11.4 Å². The highest BCUT2D eigenvalue weighted by molar-refractivity contribution is 5.88. The lowest BCUT2D eigenvalue weighted by atomic mass is 9.44. The van der Waals surface area contributed by atoms with Gasteiger partial charge in [-0.1, -0.05) is 27.7 Å². The van der Waals surface area contributed by atoms with Gasteiger partial charge < -0.3 is 34.6 Å². The third-order valence-corrected chi connectivity index (χ3v) is 13.0. The van der Waals surface area contributed by atoms with E-state index in [1.807, 2.05) is 27.7 Å². The molecule has 10 unspecified atom stereocenters. The minimum Gasteiger partial charge on any atom is -0.481 e. The average Bonchev–Trinajstić information content (AvgIpc) is 3.31. The fraction of sp³-hybridized carbons (Fsp3) is 0.806. The van der Waals surface area contributed by atoms with E-state index in [2.05, 4.69) is 0 Å². The Morgan fingerprint density at radius 3 is 2.19 bits per heavy atom. The molecule has 0 bridgehead atoms. The Labute approximate surface area is 281 Å². The van der Waals surface area contributed by atoms with E-state index in [1.165, 1.54) is 20.8 Å². The van der Waals surface area contributed by atoms with Crippen molar-refractivity contribution in [3.05, 3.63) is 11.8 Å². The van der Waals surface area contributed by atoms with Crippen LogP contribution >= 0.6 is 0 Å². The Morgan fingerprint density at radius 1 is 1.00 bits per heavy atom. The fourth-order valence-corrected chi connectivity index (χ4v) is 11.2. The van der Waals surface area contributed by atoms with Gasteiger partial charge in [-0.05, 0) is 75.2 Å². The number of fused-ring (bicyclic) bond motifs is 9. The molecule has 5 fully saturated rings. The molecule has 6 rings (SSSR count). The molecule has 12 heteroatoms. The monoisotopic (exact) mass is 676 g/mol. The van der Waals surface area contributed by atoms with Crippen LogP contribution in [0.2, 0.25) is 0 Å². The molecule has 0 aromatic rings. The summed E-state index contributed by atoms with van der Waals surface area (Å²) in [5.74, 6) is -6.11. The molecule has 1 heterocycles. The number of aliphatic hydroxyl groups excluding tert-OH is 2. The van der Waals surface area contributed by atoms with Crippen LogP contribution < -0.4 is 0 Å². The highest BCUT2D eigenvalue weighted by Gasteiger charge is 2.80. The van der Waals surface area contributed by atoms with Crippen LogP contribution in [-0.4, -0.2) is 79.6 Å². The second-order valence-electron chi connectivity index (χ2n) is 16.3. The van der Waals surface area contributed by atoms with Crippen LogP contribution in [-0.2, 0) is 38.2 Å². The molecular weight excluding hydrogens is 624 g/mol. The summed E-state index contributed by atoms with van der Waals surface area (Å²) in [5, 5.41) is 42.3. The highest BCUT2D eigenvalue weighted by Crippen LogP contribution is 2.73. The Balaban J connectivity index is 0.000000582. The van der Waals surface area contributed by atoms with Gasteiger partial charge in [-0.3, -0.25) is 19.2 Å². The predicted octanol–water partition coefficient (Wildman–Crippen LogP) is 3.18. The lowest BCUT2D eigenvalue weighted by Crippen LogP contribution is -2.66. The van der Waals surface area contributed by atoms with Crippen molar-refractivity contribution in [3.63, 3.8) is 0 Å². The minimum atomic E-state index is -1.98. The third kappa shape index (κ3) is 5.23. The van der Waals surface area contributed by atoms with Crippen LogP contribution in [0.5, 0.6) is 0 Å². The largest absolute Gasteiger partial charge is 0.481 e. The van der Waals surface area contributed by atoms with Crippen molar-refractivity contribution in [2.45, 2.75) is 123 Å². The zero-order valence-corrected chi connectivity index (χ0v) is 29.2. The second kappa shape index (κ2) is 12.2. The second-order valence-corrected chi connectivity index (χ2v) is 16.3. The van der Waals surface area contributed by atoms with Crippen LogP contribution in [0, 0.1) is 58.2 Å². The van der Waals surface area contributed by atoms with Crippen molar-refractivity contribution in [2.24, 2.45) is 58.2 Å². The topological polar surface area (TPSA) is 194 Å². The number of carboxylic acid groups (broad SMARTS) is 1. The maximum Gasteiger partial charge on any atom is 0.343 e. The first kappa shape index (κ1) is 36.5. The molecule has 6 aliphatic rings. The quantitative estimate of drug-likeness (QED) is 0.251. The summed E-state index contributed by atoms with van der Waals surface area (Å²) in [4.78, 5) is 62.3. The van der Waals surface area contributed by atoms with Gasteiger partial charge in [0.05, 0.1) is 11.5 Å². The zero-order chi connectivity index (χ0) is 35.9. The van der Waals surface area contributed by atoms with Crippen molar-refractivity contribution in [1.29, 1.82) is 0 Å². The molecule has 4 N–H and O–H groups in total. The summed E-state index contributed by atoms with van der Waals surface area (Å²) in [6.07, 6.45) is 1.41. The number of allylic oxidation sites excluding steroid dienone is 1. The van der Waals surface area contributed by atoms with Gasteiger partial charge in [0.1, 0.15) is 23.6 Å². The average molecular weight is 677 g/mol. The number of carbonyl (C=O) groups is 5. The summed E-state index contributed by atoms with van der Waals surface area (Å²) in [6, 6.07) is 0. The van der Waals surface area contributed by atoms with Crippen molar-refractivity contribution >= 4 is 29.7 Å². The first-order valence-corrected chi connectivity index (χ1v) is 17.3. The number of aliphatic carboxylic acids is 1. The molecule has 48 heavy (non-hydrogen) atoms. The van der Waals surface area contributed by atoms with Crippen LogP contribution in [0.25, 0.3) is 0 Å². The van der Waals surface area contributed by atoms with E-state index < -0.39 is 93.8 Å². The number of Topliss-reactive ketones (excluding diaryl/α,β-unsaturated/α-hetero) is 1. The van der Waals surface area contributed by atoms with E-state index in [4.69, 9.17) is 19.3 Å². The van der Waals surface area contributed by atoms with Crippen molar-refractivity contribution in [1.82, 2.24) is 0 Å². The maximum absolute atomic E-state index is 13.9. The SMILES string of the molecule is CC(=O)O[C@@H]1C2C3C(O)C(=O)C4CC[C@H](O)CC4(C)C3CCC2(OC(C)=O)C2C1C1(C)C(=C[C@H]2C)OC(=O)[C@@]1(C)O.CC(C)CC(=O)O. The molecule has 14 atom stereocenters. The van der Waals surface area contributed by atoms with Crippen molar-refractivity contribution < 1.29 is 58.6 Å². The molecule has 0 aromatic heterocycles. The molecule has 0 aromatic carbocycles. The summed E-state index contributed by atoms with van der Waals surface area (Å²) < 4.78 is 18.1. The van der Waals surface area contributed by atoms with Crippen LogP contribution in [0.4, 0.5) is 0 Å². The summed E-state index contributed by atoms with van der Waals surface area (Å²) >= 11 is 0. The normalized spacial score (nSPS) is 47.1.